The van der Waals surface area contributed by atoms with Crippen molar-refractivity contribution in [2.24, 2.45) is 5.92 Å². The summed E-state index contributed by atoms with van der Waals surface area (Å²) in [5.41, 5.74) is 2.47. The molecule has 4 atom stereocenters. The Labute approximate surface area is 168 Å². The molecule has 4 rings (SSSR count). The van der Waals surface area contributed by atoms with E-state index in [1.54, 1.807) is 16.3 Å². The highest BCUT2D eigenvalue weighted by Crippen LogP contribution is 2.44. The highest BCUT2D eigenvalue weighted by atomic mass is 32.2. The van der Waals surface area contributed by atoms with E-state index in [1.165, 1.54) is 6.33 Å². The van der Waals surface area contributed by atoms with Crippen LogP contribution in [0.2, 0.25) is 0 Å². The van der Waals surface area contributed by atoms with Gasteiger partial charge in [0, 0.05) is 5.92 Å². The van der Waals surface area contributed by atoms with Crippen LogP contribution < -0.4 is 0 Å². The number of hydrogen-bond acceptors (Lipinski definition) is 6. The first-order chi connectivity index (χ1) is 13.6. The molecule has 0 radical (unpaired) electrons. The predicted octanol–water partition coefficient (Wildman–Crippen LogP) is 3.63. The minimum Gasteiger partial charge on any atom is -0.367 e. The molecule has 6 nitrogen and oxygen atoms in total. The topological polar surface area (TPSA) is 68.9 Å². The van der Waals surface area contributed by atoms with Crippen LogP contribution in [-0.4, -0.2) is 38.2 Å². The summed E-state index contributed by atoms with van der Waals surface area (Å²) in [6.45, 7) is 4.54. The van der Waals surface area contributed by atoms with E-state index >= 15 is 0 Å². The maximum absolute atomic E-state index is 11.7. The molecule has 1 N–H and O–H groups in total. The molecule has 0 amide bonds. The highest BCUT2D eigenvalue weighted by molar-refractivity contribution is 7.98. The second kappa shape index (κ2) is 7.83. The molecule has 1 unspecified atom stereocenters. The standard InChI is InChI=1S/C21H25N3O3S/c1-4-17-14(2)19(26-12-15-8-6-5-7-9-15)21(25,27-17)18-11-10-16-20(28-3)22-13-23-24(16)18/h5-11,13-14,17,19,25H,4,12H2,1-3H3/t14-,17-,19-,21?/m1/s1. The minimum atomic E-state index is -1.58. The van der Waals surface area contributed by atoms with Gasteiger partial charge in [0.1, 0.15) is 23.2 Å². The van der Waals surface area contributed by atoms with E-state index in [4.69, 9.17) is 9.47 Å². The van der Waals surface area contributed by atoms with Crippen molar-refractivity contribution in [2.75, 3.05) is 6.26 Å². The Morgan fingerprint density at radius 2 is 2.04 bits per heavy atom. The SMILES string of the molecule is CC[C@H]1OC(O)(c2ccc3c(SC)ncnn23)[C@H](OCc2ccccc2)[C@@H]1C. The first-order valence-corrected chi connectivity index (χ1v) is 10.7. The number of thioether (sulfide) groups is 1. The molecule has 2 aromatic heterocycles. The number of aromatic nitrogens is 3. The molecule has 0 aliphatic carbocycles. The number of fused-ring (bicyclic) bond motifs is 1. The Bertz CT molecular complexity index is 948. The van der Waals surface area contributed by atoms with Crippen LogP contribution in [0.25, 0.3) is 5.52 Å². The number of aliphatic hydroxyl groups is 1. The molecule has 1 fully saturated rings. The third kappa shape index (κ3) is 3.22. The lowest BCUT2D eigenvalue weighted by atomic mass is 9.93. The third-order valence-electron chi connectivity index (χ3n) is 5.43. The summed E-state index contributed by atoms with van der Waals surface area (Å²) < 4.78 is 14.1. The molecule has 7 heteroatoms. The van der Waals surface area contributed by atoms with Crippen molar-refractivity contribution in [2.45, 2.75) is 49.9 Å². The minimum absolute atomic E-state index is 0.0334. The lowest BCUT2D eigenvalue weighted by molar-refractivity contribution is -0.251. The fourth-order valence-corrected chi connectivity index (χ4v) is 4.50. The van der Waals surface area contributed by atoms with Gasteiger partial charge in [0.25, 0.3) is 0 Å². The molecule has 1 aliphatic heterocycles. The summed E-state index contributed by atoms with van der Waals surface area (Å²) in [4.78, 5) is 4.31. The molecule has 1 saturated heterocycles. The summed E-state index contributed by atoms with van der Waals surface area (Å²) in [6, 6.07) is 13.7. The van der Waals surface area contributed by atoms with Crippen LogP contribution in [0.3, 0.4) is 0 Å². The Morgan fingerprint density at radius 3 is 2.75 bits per heavy atom. The van der Waals surface area contributed by atoms with E-state index in [1.807, 2.05) is 48.7 Å². The quantitative estimate of drug-likeness (QED) is 0.639. The van der Waals surface area contributed by atoms with Gasteiger partial charge in [-0.1, -0.05) is 44.2 Å². The summed E-state index contributed by atoms with van der Waals surface area (Å²) in [5.74, 6) is -1.54. The summed E-state index contributed by atoms with van der Waals surface area (Å²) in [7, 11) is 0. The Morgan fingerprint density at radius 1 is 1.25 bits per heavy atom. The maximum atomic E-state index is 11.7. The van der Waals surface area contributed by atoms with Crippen LogP contribution in [0.15, 0.2) is 53.8 Å². The monoisotopic (exact) mass is 399 g/mol. The zero-order valence-corrected chi connectivity index (χ0v) is 17.1. The molecule has 1 aliphatic rings. The van der Waals surface area contributed by atoms with Crippen LogP contribution >= 0.6 is 11.8 Å². The molecule has 1 aromatic carbocycles. The second-order valence-corrected chi connectivity index (χ2v) is 7.92. The number of benzene rings is 1. The van der Waals surface area contributed by atoms with E-state index in [0.29, 0.717) is 12.3 Å². The van der Waals surface area contributed by atoms with Crippen molar-refractivity contribution in [3.8, 4) is 0 Å². The van der Waals surface area contributed by atoms with Crippen molar-refractivity contribution in [3.63, 3.8) is 0 Å². The largest absolute Gasteiger partial charge is 0.367 e. The van der Waals surface area contributed by atoms with E-state index < -0.39 is 11.9 Å². The zero-order chi connectivity index (χ0) is 19.7. The van der Waals surface area contributed by atoms with E-state index in [2.05, 4.69) is 23.9 Å². The van der Waals surface area contributed by atoms with Crippen LogP contribution in [0.4, 0.5) is 0 Å². The average molecular weight is 400 g/mol. The summed E-state index contributed by atoms with van der Waals surface area (Å²) >= 11 is 1.54. The smallest absolute Gasteiger partial charge is 0.237 e. The Kier molecular flexibility index (Phi) is 5.42. The van der Waals surface area contributed by atoms with Gasteiger partial charge in [-0.25, -0.2) is 9.50 Å². The number of rotatable bonds is 6. The third-order valence-corrected chi connectivity index (χ3v) is 6.13. The predicted molar refractivity (Wildman–Crippen MR) is 108 cm³/mol. The van der Waals surface area contributed by atoms with Crippen molar-refractivity contribution in [1.29, 1.82) is 0 Å². The second-order valence-electron chi connectivity index (χ2n) is 7.12. The molecule has 3 aromatic rings. The van der Waals surface area contributed by atoms with Gasteiger partial charge >= 0.3 is 0 Å². The summed E-state index contributed by atoms with van der Waals surface area (Å²) in [6.07, 6.45) is 3.66. The maximum Gasteiger partial charge on any atom is 0.237 e. The molecule has 148 valence electrons. The average Bonchev–Trinajstić information content (AvgIpc) is 3.27. The van der Waals surface area contributed by atoms with Crippen molar-refractivity contribution >= 4 is 17.3 Å². The van der Waals surface area contributed by atoms with Gasteiger partial charge in [0.15, 0.2) is 0 Å². The molecular formula is C21H25N3O3S. The van der Waals surface area contributed by atoms with Crippen molar-refractivity contribution < 1.29 is 14.6 Å². The molecule has 3 heterocycles. The Balaban J connectivity index is 1.72. The molecule has 0 spiro atoms. The van der Waals surface area contributed by atoms with E-state index in [0.717, 1.165) is 22.5 Å². The zero-order valence-electron chi connectivity index (χ0n) is 16.3. The van der Waals surface area contributed by atoms with Crippen LogP contribution in [0.1, 0.15) is 31.5 Å². The van der Waals surface area contributed by atoms with E-state index in [9.17, 15) is 5.11 Å². The first-order valence-electron chi connectivity index (χ1n) is 9.51. The highest BCUT2D eigenvalue weighted by Gasteiger charge is 2.55. The summed E-state index contributed by atoms with van der Waals surface area (Å²) in [5, 5.41) is 16.9. The van der Waals surface area contributed by atoms with Gasteiger partial charge < -0.3 is 14.6 Å². The van der Waals surface area contributed by atoms with Gasteiger partial charge in [0.2, 0.25) is 5.79 Å². The number of nitrogens with zero attached hydrogens (tertiary/aromatic N) is 3. The van der Waals surface area contributed by atoms with Gasteiger partial charge in [-0.05, 0) is 30.4 Å². The first kappa shape index (κ1) is 19.4. The number of ether oxygens (including phenoxy) is 2. The van der Waals surface area contributed by atoms with Crippen LogP contribution in [0.5, 0.6) is 0 Å². The van der Waals surface area contributed by atoms with Gasteiger partial charge in [-0.15, -0.1) is 11.8 Å². The normalized spacial score (nSPS) is 27.5. The van der Waals surface area contributed by atoms with Crippen molar-refractivity contribution in [1.82, 2.24) is 14.6 Å². The molecule has 0 bridgehead atoms. The van der Waals surface area contributed by atoms with Gasteiger partial charge in [0.05, 0.1) is 18.2 Å². The lowest BCUT2D eigenvalue weighted by Gasteiger charge is -2.29. The van der Waals surface area contributed by atoms with E-state index in [-0.39, 0.29) is 12.0 Å². The van der Waals surface area contributed by atoms with Gasteiger partial charge in [-0.3, -0.25) is 0 Å². The Hall–Kier alpha value is -1.93. The van der Waals surface area contributed by atoms with Crippen LogP contribution in [0, 0.1) is 5.92 Å². The van der Waals surface area contributed by atoms with Gasteiger partial charge in [-0.2, -0.15) is 5.10 Å². The molecular weight excluding hydrogens is 374 g/mol. The fraction of sp³-hybridized carbons (Fsp3) is 0.429. The fourth-order valence-electron chi connectivity index (χ4n) is 3.98. The van der Waals surface area contributed by atoms with Crippen LogP contribution in [-0.2, 0) is 21.9 Å². The molecule has 0 saturated carbocycles. The number of hydrogen-bond donors (Lipinski definition) is 1. The lowest BCUT2D eigenvalue weighted by Crippen LogP contribution is -2.41. The van der Waals surface area contributed by atoms with Crippen molar-refractivity contribution in [3.05, 3.63) is 60.0 Å². The molecule has 28 heavy (non-hydrogen) atoms.